The molecule has 0 amide bonds. The zero-order valence-corrected chi connectivity index (χ0v) is 13.5. The van der Waals surface area contributed by atoms with Gasteiger partial charge in [-0.1, -0.05) is 12.1 Å². The van der Waals surface area contributed by atoms with E-state index in [0.29, 0.717) is 12.1 Å². The first-order chi connectivity index (χ1) is 12.2. The van der Waals surface area contributed by atoms with Crippen LogP contribution in [-0.2, 0) is 17.9 Å². The number of imidazole rings is 1. The highest BCUT2D eigenvalue weighted by Gasteiger charge is 2.33. The van der Waals surface area contributed by atoms with Crippen LogP contribution in [0.1, 0.15) is 12.5 Å². The molecule has 26 heavy (non-hydrogen) atoms. The predicted octanol–water partition coefficient (Wildman–Crippen LogP) is 3.06. The van der Waals surface area contributed by atoms with E-state index >= 15 is 0 Å². The van der Waals surface area contributed by atoms with Crippen LogP contribution in [0.5, 0.6) is 11.8 Å². The maximum absolute atomic E-state index is 12.1. The summed E-state index contributed by atoms with van der Waals surface area (Å²) in [6.07, 6.45) is -4.27. The number of alkyl halides is 3. The van der Waals surface area contributed by atoms with Gasteiger partial charge in [-0.3, -0.25) is 4.57 Å². The number of nitrogens with zero attached hydrogens (tertiary/aromatic N) is 3. The van der Waals surface area contributed by atoms with Crippen molar-refractivity contribution in [3.05, 3.63) is 46.1 Å². The van der Waals surface area contributed by atoms with Gasteiger partial charge >= 0.3 is 18.2 Å². The van der Waals surface area contributed by atoms with Crippen molar-refractivity contribution in [1.82, 2.24) is 9.55 Å². The van der Waals surface area contributed by atoms with Gasteiger partial charge in [-0.2, -0.15) is 0 Å². The number of hydrogen-bond donors (Lipinski definition) is 0. The number of hydrogen-bond acceptors (Lipinski definition) is 6. The summed E-state index contributed by atoms with van der Waals surface area (Å²) in [5, 5.41) is 10.8. The van der Waals surface area contributed by atoms with Crippen molar-refractivity contribution in [2.45, 2.75) is 38.6 Å². The Hall–Kier alpha value is -2.82. The largest absolute Gasteiger partial charge is 0.573 e. The molecule has 3 rings (SSSR count). The van der Waals surface area contributed by atoms with Crippen molar-refractivity contribution in [3.8, 4) is 11.8 Å². The molecule has 2 aromatic rings. The maximum atomic E-state index is 12.1. The quantitative estimate of drug-likeness (QED) is 0.591. The lowest BCUT2D eigenvalue weighted by molar-refractivity contribution is -0.389. The Labute approximate surface area is 145 Å². The molecule has 2 heterocycles. The molecule has 140 valence electrons. The second kappa shape index (κ2) is 6.83. The smallest absolute Gasteiger partial charge is 0.440 e. The molecule has 0 saturated heterocycles. The number of halogens is 3. The van der Waals surface area contributed by atoms with E-state index in [0.717, 1.165) is 0 Å². The Bertz CT molecular complexity index is 791. The highest BCUT2D eigenvalue weighted by atomic mass is 19.4. The van der Waals surface area contributed by atoms with E-state index in [4.69, 9.17) is 9.47 Å². The SMILES string of the molecule is C[C@H]1Oc2nc([N+](=O)[O-])cn2C[C@@H]1OCc1ccc(OC(F)(F)F)cc1. The van der Waals surface area contributed by atoms with Crippen LogP contribution in [0, 0.1) is 10.1 Å². The van der Waals surface area contributed by atoms with Crippen LogP contribution in [0.2, 0.25) is 0 Å². The molecule has 1 aromatic heterocycles. The van der Waals surface area contributed by atoms with Gasteiger partial charge in [0, 0.05) is 4.98 Å². The van der Waals surface area contributed by atoms with Crippen molar-refractivity contribution in [3.63, 3.8) is 0 Å². The molecule has 1 aliphatic rings. The molecule has 0 spiro atoms. The molecule has 11 heteroatoms. The zero-order valence-electron chi connectivity index (χ0n) is 13.5. The summed E-state index contributed by atoms with van der Waals surface area (Å²) in [5.74, 6) is -0.626. The van der Waals surface area contributed by atoms with E-state index < -0.39 is 23.5 Å². The summed E-state index contributed by atoms with van der Waals surface area (Å²) < 4.78 is 53.0. The normalized spacial score (nSPS) is 19.5. The van der Waals surface area contributed by atoms with E-state index in [-0.39, 0.29) is 24.2 Å². The summed E-state index contributed by atoms with van der Waals surface area (Å²) in [6, 6.07) is 5.47. The second-order valence-electron chi connectivity index (χ2n) is 5.66. The summed E-state index contributed by atoms with van der Waals surface area (Å²) >= 11 is 0. The molecule has 1 aromatic carbocycles. The van der Waals surface area contributed by atoms with Crippen LogP contribution in [0.4, 0.5) is 19.0 Å². The summed E-state index contributed by atoms with van der Waals surface area (Å²) in [5.41, 5.74) is 0.647. The van der Waals surface area contributed by atoms with Crippen LogP contribution in [-0.4, -0.2) is 33.0 Å². The predicted molar refractivity (Wildman–Crippen MR) is 80.7 cm³/mol. The third-order valence-electron chi connectivity index (χ3n) is 3.73. The van der Waals surface area contributed by atoms with Crippen molar-refractivity contribution in [2.24, 2.45) is 0 Å². The molecule has 0 saturated carbocycles. The third-order valence-corrected chi connectivity index (χ3v) is 3.73. The molecular formula is C15H14F3N3O5. The van der Waals surface area contributed by atoms with Gasteiger partial charge in [0.05, 0.1) is 13.2 Å². The Morgan fingerprint density at radius 2 is 2.08 bits per heavy atom. The summed E-state index contributed by atoms with van der Waals surface area (Å²) in [4.78, 5) is 13.9. The molecule has 0 bridgehead atoms. The van der Waals surface area contributed by atoms with Gasteiger partial charge in [0.1, 0.15) is 24.2 Å². The van der Waals surface area contributed by atoms with Crippen molar-refractivity contribution in [2.75, 3.05) is 0 Å². The van der Waals surface area contributed by atoms with Gasteiger partial charge in [-0.25, -0.2) is 0 Å². The molecule has 8 nitrogen and oxygen atoms in total. The Morgan fingerprint density at radius 1 is 1.38 bits per heavy atom. The van der Waals surface area contributed by atoms with E-state index in [1.807, 2.05) is 0 Å². The molecule has 0 aliphatic carbocycles. The first-order valence-corrected chi connectivity index (χ1v) is 7.56. The van der Waals surface area contributed by atoms with Crippen LogP contribution < -0.4 is 9.47 Å². The average Bonchev–Trinajstić information content (AvgIpc) is 2.95. The molecule has 0 fully saturated rings. The van der Waals surface area contributed by atoms with Crippen LogP contribution in [0.15, 0.2) is 30.5 Å². The fourth-order valence-electron chi connectivity index (χ4n) is 2.46. The van der Waals surface area contributed by atoms with Gasteiger partial charge in [0.25, 0.3) is 0 Å². The number of nitro groups is 1. The highest BCUT2D eigenvalue weighted by Crippen LogP contribution is 2.27. The highest BCUT2D eigenvalue weighted by molar-refractivity contribution is 5.27. The fourth-order valence-corrected chi connectivity index (χ4v) is 2.46. The average molecular weight is 373 g/mol. The Kier molecular flexibility index (Phi) is 4.72. The third kappa shape index (κ3) is 4.23. The zero-order chi connectivity index (χ0) is 18.9. The molecule has 1 aliphatic heterocycles. The van der Waals surface area contributed by atoms with Crippen LogP contribution in [0.25, 0.3) is 0 Å². The maximum Gasteiger partial charge on any atom is 0.573 e. The van der Waals surface area contributed by atoms with Crippen molar-refractivity contribution < 1.29 is 32.3 Å². The molecule has 0 N–H and O–H groups in total. The number of benzene rings is 1. The van der Waals surface area contributed by atoms with Crippen LogP contribution in [0.3, 0.4) is 0 Å². The van der Waals surface area contributed by atoms with E-state index in [9.17, 15) is 23.3 Å². The molecule has 0 radical (unpaired) electrons. The van der Waals surface area contributed by atoms with E-state index in [1.165, 1.54) is 35.0 Å². The minimum Gasteiger partial charge on any atom is -0.440 e. The lowest BCUT2D eigenvalue weighted by atomic mass is 10.2. The summed E-state index contributed by atoms with van der Waals surface area (Å²) in [6.45, 7) is 2.19. The summed E-state index contributed by atoms with van der Waals surface area (Å²) in [7, 11) is 0. The van der Waals surface area contributed by atoms with Crippen LogP contribution >= 0.6 is 0 Å². The topological polar surface area (TPSA) is 88.7 Å². The van der Waals surface area contributed by atoms with Gasteiger partial charge in [0.15, 0.2) is 0 Å². The van der Waals surface area contributed by atoms with Gasteiger partial charge < -0.3 is 24.3 Å². The fraction of sp³-hybridized carbons (Fsp3) is 0.400. The standard InChI is InChI=1S/C15H14F3N3O5/c1-9-12(6-20-7-13(21(22)23)19-14(20)25-9)24-8-10-2-4-11(5-3-10)26-15(16,17)18/h2-5,7,9,12H,6,8H2,1H3/t9-,12+/m1/s1. The lowest BCUT2D eigenvalue weighted by Crippen LogP contribution is -2.39. The molecular weight excluding hydrogens is 359 g/mol. The van der Waals surface area contributed by atoms with Gasteiger partial charge in [-0.05, 0) is 29.5 Å². The minimum atomic E-state index is -4.74. The Balaban J connectivity index is 1.60. The van der Waals surface area contributed by atoms with Crippen molar-refractivity contribution >= 4 is 5.82 Å². The molecule has 2 atom stereocenters. The number of ether oxygens (including phenoxy) is 3. The number of rotatable bonds is 5. The first-order valence-electron chi connectivity index (χ1n) is 7.56. The second-order valence-corrected chi connectivity index (χ2v) is 5.66. The van der Waals surface area contributed by atoms with E-state index in [1.54, 1.807) is 6.92 Å². The van der Waals surface area contributed by atoms with Gasteiger partial charge in [0.2, 0.25) is 0 Å². The van der Waals surface area contributed by atoms with Crippen molar-refractivity contribution in [1.29, 1.82) is 0 Å². The first kappa shape index (κ1) is 18.0. The van der Waals surface area contributed by atoms with Gasteiger partial charge in [-0.15, -0.1) is 13.2 Å². The Morgan fingerprint density at radius 3 is 2.69 bits per heavy atom. The minimum absolute atomic E-state index is 0.136. The monoisotopic (exact) mass is 373 g/mol. The molecule has 0 unspecified atom stereocenters. The van der Waals surface area contributed by atoms with E-state index in [2.05, 4.69) is 9.72 Å². The number of fused-ring (bicyclic) bond motifs is 1. The number of aromatic nitrogens is 2. The lowest BCUT2D eigenvalue weighted by Gasteiger charge is -2.28.